The molecule has 0 aliphatic heterocycles. The van der Waals surface area contributed by atoms with Crippen molar-refractivity contribution in [3.8, 4) is 23.0 Å². The lowest BCUT2D eigenvalue weighted by Gasteiger charge is -2.08. The first-order valence-corrected chi connectivity index (χ1v) is 10.8. The van der Waals surface area contributed by atoms with Gasteiger partial charge in [-0.15, -0.1) is 0 Å². The molecule has 0 radical (unpaired) electrons. The van der Waals surface area contributed by atoms with E-state index >= 15 is 0 Å². The first-order chi connectivity index (χ1) is 15.1. The van der Waals surface area contributed by atoms with Crippen LogP contribution in [0.25, 0.3) is 11.1 Å². The number of thiocarbonyl (C=S) groups is 1. The van der Waals surface area contributed by atoms with E-state index < -0.39 is 11.6 Å². The summed E-state index contributed by atoms with van der Waals surface area (Å²) in [5, 5.41) is 2.05. The van der Waals surface area contributed by atoms with Gasteiger partial charge in [0.15, 0.2) is 0 Å². The Labute approximate surface area is 186 Å². The van der Waals surface area contributed by atoms with Crippen molar-refractivity contribution in [1.82, 2.24) is 0 Å². The smallest absolute Gasteiger partial charge is 0.150 e. The summed E-state index contributed by atoms with van der Waals surface area (Å²) in [4.78, 5) is 3.53. The van der Waals surface area contributed by atoms with Gasteiger partial charge < -0.3 is 0 Å². The maximum atomic E-state index is 14.4. The van der Waals surface area contributed by atoms with Gasteiger partial charge in [-0.1, -0.05) is 61.8 Å². The van der Waals surface area contributed by atoms with Crippen molar-refractivity contribution in [2.45, 2.75) is 32.1 Å². The third-order valence-electron chi connectivity index (χ3n) is 5.70. The minimum atomic E-state index is -0.644. The molecule has 1 fully saturated rings. The van der Waals surface area contributed by atoms with Gasteiger partial charge in [-0.05, 0) is 66.0 Å². The highest BCUT2D eigenvalue weighted by Gasteiger charge is 2.15. The van der Waals surface area contributed by atoms with E-state index in [0.717, 1.165) is 35.6 Å². The normalized spacial score (nSPS) is 13.4. The van der Waals surface area contributed by atoms with Crippen LogP contribution >= 0.6 is 12.2 Å². The highest BCUT2D eigenvalue weighted by molar-refractivity contribution is 7.78. The van der Waals surface area contributed by atoms with Crippen LogP contribution < -0.4 is 0 Å². The van der Waals surface area contributed by atoms with Crippen LogP contribution in [0.5, 0.6) is 0 Å². The molecule has 1 saturated carbocycles. The fraction of sp³-hybridized carbons (Fsp3) is 0.222. The van der Waals surface area contributed by atoms with Crippen molar-refractivity contribution in [2.75, 3.05) is 0 Å². The standard InChI is InChI=1S/C27H21F2NS/c28-25-17-27(30-18-31)26(29)16-24(25)23-13-11-20(12-14-23)6-5-19-7-9-22(10-8-19)15-21-3-1-2-4-21/h7-14,16-17,21H,1-4,15H2. The van der Waals surface area contributed by atoms with Crippen LogP contribution in [0.3, 0.4) is 0 Å². The summed E-state index contributed by atoms with van der Waals surface area (Å²) < 4.78 is 28.4. The van der Waals surface area contributed by atoms with Gasteiger partial charge in [0, 0.05) is 22.8 Å². The van der Waals surface area contributed by atoms with Crippen LogP contribution in [0, 0.1) is 29.4 Å². The zero-order chi connectivity index (χ0) is 21.6. The van der Waals surface area contributed by atoms with Gasteiger partial charge in [0.2, 0.25) is 0 Å². The molecular formula is C27H21F2NS. The Bertz CT molecular complexity index is 1170. The summed E-state index contributed by atoms with van der Waals surface area (Å²) in [5.74, 6) is 5.92. The van der Waals surface area contributed by atoms with E-state index in [0.29, 0.717) is 5.56 Å². The van der Waals surface area contributed by atoms with E-state index in [1.165, 1.54) is 31.2 Å². The second-order valence-electron chi connectivity index (χ2n) is 7.87. The first-order valence-electron chi connectivity index (χ1n) is 10.4. The number of rotatable bonds is 4. The molecule has 0 saturated heterocycles. The molecule has 154 valence electrons. The van der Waals surface area contributed by atoms with E-state index in [1.807, 2.05) is 0 Å². The van der Waals surface area contributed by atoms with E-state index in [-0.39, 0.29) is 11.3 Å². The largest absolute Gasteiger partial charge is 0.206 e. The van der Waals surface area contributed by atoms with Gasteiger partial charge in [0.25, 0.3) is 0 Å². The maximum Gasteiger partial charge on any atom is 0.150 e. The lowest BCUT2D eigenvalue weighted by molar-refractivity contribution is 0.546. The summed E-state index contributed by atoms with van der Waals surface area (Å²) in [6.45, 7) is 0. The number of nitrogens with zero attached hydrogens (tertiary/aromatic N) is 1. The molecule has 0 spiro atoms. The fourth-order valence-corrected chi connectivity index (χ4v) is 4.14. The summed E-state index contributed by atoms with van der Waals surface area (Å²) in [5.41, 5.74) is 3.71. The third kappa shape index (κ3) is 5.33. The van der Waals surface area contributed by atoms with Crippen molar-refractivity contribution in [3.05, 3.63) is 89.0 Å². The molecule has 0 N–H and O–H groups in total. The average Bonchev–Trinajstić information content (AvgIpc) is 3.29. The maximum absolute atomic E-state index is 14.4. The molecule has 0 atom stereocenters. The highest BCUT2D eigenvalue weighted by atomic mass is 32.1. The Balaban J connectivity index is 1.46. The Kier molecular flexibility index (Phi) is 6.67. The van der Waals surface area contributed by atoms with E-state index in [4.69, 9.17) is 0 Å². The van der Waals surface area contributed by atoms with Gasteiger partial charge >= 0.3 is 0 Å². The number of isothiocyanates is 1. The molecule has 0 aromatic heterocycles. The minimum absolute atomic E-state index is 0.159. The fourth-order valence-electron chi connectivity index (χ4n) is 4.04. The Morgan fingerprint density at radius 3 is 2.06 bits per heavy atom. The molecule has 31 heavy (non-hydrogen) atoms. The molecule has 0 unspecified atom stereocenters. The monoisotopic (exact) mass is 429 g/mol. The number of aliphatic imine (C=N–C) groups is 1. The van der Waals surface area contributed by atoms with Crippen LogP contribution in [-0.4, -0.2) is 5.16 Å². The number of hydrogen-bond acceptors (Lipinski definition) is 2. The summed E-state index contributed by atoms with van der Waals surface area (Å²) in [7, 11) is 0. The Morgan fingerprint density at radius 2 is 1.45 bits per heavy atom. The number of hydrogen-bond donors (Lipinski definition) is 0. The zero-order valence-corrected chi connectivity index (χ0v) is 17.8. The van der Waals surface area contributed by atoms with Crippen LogP contribution in [0.15, 0.2) is 65.7 Å². The van der Waals surface area contributed by atoms with Gasteiger partial charge in [0.05, 0.1) is 5.16 Å². The Morgan fingerprint density at radius 1 is 0.839 bits per heavy atom. The van der Waals surface area contributed by atoms with Crippen molar-refractivity contribution >= 4 is 23.1 Å². The topological polar surface area (TPSA) is 12.4 Å². The lowest BCUT2D eigenvalue weighted by atomic mass is 9.97. The van der Waals surface area contributed by atoms with Crippen molar-refractivity contribution < 1.29 is 8.78 Å². The first kappa shape index (κ1) is 21.1. The molecule has 0 amide bonds. The van der Waals surface area contributed by atoms with Crippen molar-refractivity contribution in [1.29, 1.82) is 0 Å². The summed E-state index contributed by atoms with van der Waals surface area (Å²) >= 11 is 4.45. The quantitative estimate of drug-likeness (QED) is 0.238. The molecule has 0 bridgehead atoms. The lowest BCUT2D eigenvalue weighted by Crippen LogP contribution is -1.98. The van der Waals surface area contributed by atoms with Crippen molar-refractivity contribution in [3.63, 3.8) is 0 Å². The molecule has 1 aliphatic rings. The molecule has 4 rings (SSSR count). The molecule has 0 heterocycles. The molecule has 1 nitrogen and oxygen atoms in total. The van der Waals surface area contributed by atoms with Crippen molar-refractivity contribution in [2.24, 2.45) is 10.9 Å². The third-order valence-corrected chi connectivity index (χ3v) is 5.79. The van der Waals surface area contributed by atoms with Crippen LogP contribution in [0.1, 0.15) is 42.4 Å². The second kappa shape index (κ2) is 9.79. The average molecular weight is 430 g/mol. The summed E-state index contributed by atoms with van der Waals surface area (Å²) in [6, 6.07) is 17.7. The van der Waals surface area contributed by atoms with Crippen LogP contribution in [0.2, 0.25) is 0 Å². The molecule has 3 aromatic carbocycles. The molecule has 4 heteroatoms. The van der Waals surface area contributed by atoms with Crippen LogP contribution in [-0.2, 0) is 6.42 Å². The Hall–Kier alpha value is -3.12. The van der Waals surface area contributed by atoms with Gasteiger partial charge in [-0.25, -0.2) is 8.78 Å². The summed E-state index contributed by atoms with van der Waals surface area (Å²) in [6.07, 6.45) is 6.58. The minimum Gasteiger partial charge on any atom is -0.206 e. The van der Waals surface area contributed by atoms with Gasteiger partial charge in [-0.2, -0.15) is 4.99 Å². The predicted octanol–water partition coefficient (Wildman–Crippen LogP) is 7.50. The second-order valence-corrected chi connectivity index (χ2v) is 8.05. The van der Waals surface area contributed by atoms with Gasteiger partial charge in [-0.3, -0.25) is 0 Å². The molecule has 3 aromatic rings. The SMILES string of the molecule is Fc1cc(-c2ccc(C#Cc3ccc(CC4CCCC4)cc3)cc2)c(F)cc1N=C=S. The van der Waals surface area contributed by atoms with E-state index in [1.54, 1.807) is 24.3 Å². The zero-order valence-electron chi connectivity index (χ0n) is 17.0. The highest BCUT2D eigenvalue weighted by Crippen LogP contribution is 2.30. The van der Waals surface area contributed by atoms with Gasteiger partial charge in [0.1, 0.15) is 17.3 Å². The predicted molar refractivity (Wildman–Crippen MR) is 125 cm³/mol. The molecular weight excluding hydrogens is 408 g/mol. The van der Waals surface area contributed by atoms with E-state index in [2.05, 4.69) is 58.5 Å². The van der Waals surface area contributed by atoms with E-state index in [9.17, 15) is 8.78 Å². The number of halogens is 2. The number of benzene rings is 3. The van der Waals surface area contributed by atoms with Crippen LogP contribution in [0.4, 0.5) is 14.5 Å². The molecule has 1 aliphatic carbocycles.